The summed E-state index contributed by atoms with van der Waals surface area (Å²) in [6.07, 6.45) is 3.03. The summed E-state index contributed by atoms with van der Waals surface area (Å²) >= 11 is 1.42. The molecular weight excluding hydrogens is 274 g/mol. The Balaban J connectivity index is 1.88. The first-order chi connectivity index (χ1) is 9.78. The van der Waals surface area contributed by atoms with E-state index < -0.39 is 0 Å². The summed E-state index contributed by atoms with van der Waals surface area (Å²) in [6.45, 7) is 0. The predicted molar refractivity (Wildman–Crippen MR) is 79.6 cm³/mol. The van der Waals surface area contributed by atoms with Gasteiger partial charge >= 0.3 is 0 Å². The first kappa shape index (κ1) is 12.5. The number of thiazole rings is 1. The molecule has 3 rings (SSSR count). The van der Waals surface area contributed by atoms with E-state index in [1.54, 1.807) is 6.07 Å². The molecule has 2 aromatic heterocycles. The van der Waals surface area contributed by atoms with Gasteiger partial charge in [-0.3, -0.25) is 20.9 Å². The van der Waals surface area contributed by atoms with Crippen molar-refractivity contribution >= 4 is 38.3 Å². The SMILES string of the molecule is NNc1cnccc1C(=O)Nc1nc2ccccc2s1. The molecule has 3 aromatic rings. The van der Waals surface area contributed by atoms with Gasteiger partial charge in [0.1, 0.15) is 0 Å². The van der Waals surface area contributed by atoms with E-state index in [1.807, 2.05) is 24.3 Å². The van der Waals surface area contributed by atoms with Gasteiger partial charge in [-0.2, -0.15) is 0 Å². The highest BCUT2D eigenvalue weighted by Gasteiger charge is 2.13. The lowest BCUT2D eigenvalue weighted by molar-refractivity contribution is 0.102. The van der Waals surface area contributed by atoms with Gasteiger partial charge in [-0.05, 0) is 18.2 Å². The second-order valence-corrected chi connectivity index (χ2v) is 5.04. The summed E-state index contributed by atoms with van der Waals surface area (Å²) in [7, 11) is 0. The number of aromatic nitrogens is 2. The van der Waals surface area contributed by atoms with Gasteiger partial charge in [0.2, 0.25) is 0 Å². The molecule has 100 valence electrons. The average Bonchev–Trinajstić information content (AvgIpc) is 2.89. The highest BCUT2D eigenvalue weighted by Crippen LogP contribution is 2.26. The molecule has 7 heteroatoms. The summed E-state index contributed by atoms with van der Waals surface area (Å²) in [6, 6.07) is 9.30. The molecule has 0 bridgehead atoms. The Morgan fingerprint density at radius 1 is 1.25 bits per heavy atom. The summed E-state index contributed by atoms with van der Waals surface area (Å²) in [5, 5.41) is 3.32. The van der Waals surface area contributed by atoms with Crippen molar-refractivity contribution in [3.63, 3.8) is 0 Å². The van der Waals surface area contributed by atoms with Crippen molar-refractivity contribution in [1.29, 1.82) is 0 Å². The maximum Gasteiger partial charge on any atom is 0.259 e. The van der Waals surface area contributed by atoms with Crippen molar-refractivity contribution in [3.05, 3.63) is 48.3 Å². The minimum atomic E-state index is -0.278. The first-order valence-corrected chi connectivity index (χ1v) is 6.67. The van der Waals surface area contributed by atoms with Crippen molar-refractivity contribution in [1.82, 2.24) is 9.97 Å². The van der Waals surface area contributed by atoms with Crippen LogP contribution >= 0.6 is 11.3 Å². The van der Waals surface area contributed by atoms with Gasteiger partial charge in [0, 0.05) is 6.20 Å². The number of hydrogen-bond acceptors (Lipinski definition) is 6. The number of carbonyl (C=O) groups is 1. The Morgan fingerprint density at radius 3 is 2.90 bits per heavy atom. The maximum atomic E-state index is 12.2. The number of pyridine rings is 1. The van der Waals surface area contributed by atoms with Crippen LogP contribution in [0.5, 0.6) is 0 Å². The predicted octanol–water partition coefficient (Wildman–Crippen LogP) is 2.23. The van der Waals surface area contributed by atoms with E-state index in [1.165, 1.54) is 23.7 Å². The van der Waals surface area contributed by atoms with Crippen molar-refractivity contribution in [2.75, 3.05) is 10.7 Å². The van der Waals surface area contributed by atoms with Gasteiger partial charge in [-0.15, -0.1) is 0 Å². The summed E-state index contributed by atoms with van der Waals surface area (Å²) < 4.78 is 1.02. The molecule has 6 nitrogen and oxygen atoms in total. The number of hydrazine groups is 1. The van der Waals surface area contributed by atoms with Gasteiger partial charge < -0.3 is 5.43 Å². The minimum absolute atomic E-state index is 0.278. The fraction of sp³-hybridized carbons (Fsp3) is 0. The van der Waals surface area contributed by atoms with E-state index in [9.17, 15) is 4.79 Å². The number of carbonyl (C=O) groups excluding carboxylic acids is 1. The maximum absolute atomic E-state index is 12.2. The van der Waals surface area contributed by atoms with Crippen LogP contribution in [0.15, 0.2) is 42.7 Å². The largest absolute Gasteiger partial charge is 0.322 e. The number of nitrogens with one attached hydrogen (secondary N) is 2. The number of anilines is 2. The van der Waals surface area contributed by atoms with E-state index >= 15 is 0 Å². The molecule has 0 aliphatic rings. The molecule has 20 heavy (non-hydrogen) atoms. The number of rotatable bonds is 3. The van der Waals surface area contributed by atoms with E-state index in [0.29, 0.717) is 16.4 Å². The average molecular weight is 285 g/mol. The highest BCUT2D eigenvalue weighted by molar-refractivity contribution is 7.22. The molecule has 1 aromatic carbocycles. The Labute approximate surface area is 118 Å². The number of hydrogen-bond donors (Lipinski definition) is 3. The van der Waals surface area contributed by atoms with Crippen LogP contribution in [0.3, 0.4) is 0 Å². The van der Waals surface area contributed by atoms with Crippen LogP contribution < -0.4 is 16.6 Å². The number of para-hydroxylation sites is 1. The summed E-state index contributed by atoms with van der Waals surface area (Å²) in [4.78, 5) is 20.5. The highest BCUT2D eigenvalue weighted by atomic mass is 32.1. The van der Waals surface area contributed by atoms with Crippen molar-refractivity contribution < 1.29 is 4.79 Å². The third kappa shape index (κ3) is 2.31. The smallest absolute Gasteiger partial charge is 0.259 e. The van der Waals surface area contributed by atoms with Crippen LogP contribution in [-0.4, -0.2) is 15.9 Å². The fourth-order valence-electron chi connectivity index (χ4n) is 1.80. The zero-order valence-corrected chi connectivity index (χ0v) is 11.1. The second kappa shape index (κ2) is 5.24. The molecule has 0 saturated carbocycles. The fourth-order valence-corrected chi connectivity index (χ4v) is 2.66. The third-order valence-corrected chi connectivity index (χ3v) is 3.69. The van der Waals surface area contributed by atoms with E-state index in [4.69, 9.17) is 5.84 Å². The molecule has 0 atom stereocenters. The van der Waals surface area contributed by atoms with Crippen molar-refractivity contribution in [3.8, 4) is 0 Å². The van der Waals surface area contributed by atoms with Crippen LogP contribution in [-0.2, 0) is 0 Å². The van der Waals surface area contributed by atoms with Crippen molar-refractivity contribution in [2.45, 2.75) is 0 Å². The molecule has 0 unspecified atom stereocenters. The number of nitrogens with zero attached hydrogens (tertiary/aromatic N) is 2. The third-order valence-electron chi connectivity index (χ3n) is 2.74. The van der Waals surface area contributed by atoms with Gasteiger partial charge in [-0.1, -0.05) is 23.5 Å². The second-order valence-electron chi connectivity index (χ2n) is 4.01. The van der Waals surface area contributed by atoms with Gasteiger partial charge in [0.15, 0.2) is 5.13 Å². The minimum Gasteiger partial charge on any atom is -0.322 e. The van der Waals surface area contributed by atoms with Crippen LogP contribution in [0.2, 0.25) is 0 Å². The zero-order chi connectivity index (χ0) is 13.9. The topological polar surface area (TPSA) is 92.9 Å². The van der Waals surface area contributed by atoms with Gasteiger partial charge in [0.05, 0.1) is 27.7 Å². The molecule has 0 aliphatic heterocycles. The van der Waals surface area contributed by atoms with E-state index in [2.05, 4.69) is 20.7 Å². The van der Waals surface area contributed by atoms with Gasteiger partial charge in [0.25, 0.3) is 5.91 Å². The lowest BCUT2D eigenvalue weighted by atomic mass is 10.2. The Hall–Kier alpha value is -2.51. The number of nitrogens with two attached hydrogens (primary N) is 1. The molecule has 0 saturated heterocycles. The normalized spacial score (nSPS) is 10.4. The number of fused-ring (bicyclic) bond motifs is 1. The van der Waals surface area contributed by atoms with Gasteiger partial charge in [-0.25, -0.2) is 4.98 Å². The Kier molecular flexibility index (Phi) is 3.28. The molecule has 1 amide bonds. The van der Waals surface area contributed by atoms with E-state index in [-0.39, 0.29) is 5.91 Å². The summed E-state index contributed by atoms with van der Waals surface area (Å²) in [5.41, 5.74) is 4.19. The Bertz CT molecular complexity index is 737. The molecule has 0 fully saturated rings. The number of benzene rings is 1. The van der Waals surface area contributed by atoms with Crippen LogP contribution in [0.1, 0.15) is 10.4 Å². The van der Waals surface area contributed by atoms with Crippen LogP contribution in [0, 0.1) is 0 Å². The molecule has 0 aliphatic carbocycles. The zero-order valence-electron chi connectivity index (χ0n) is 10.3. The van der Waals surface area contributed by atoms with Crippen LogP contribution in [0.25, 0.3) is 10.2 Å². The molecular formula is C13H11N5OS. The molecule has 2 heterocycles. The first-order valence-electron chi connectivity index (χ1n) is 5.85. The Morgan fingerprint density at radius 2 is 2.10 bits per heavy atom. The molecule has 0 spiro atoms. The number of amides is 1. The monoisotopic (exact) mass is 285 g/mol. The lowest BCUT2D eigenvalue weighted by Gasteiger charge is -2.06. The van der Waals surface area contributed by atoms with E-state index in [0.717, 1.165) is 10.2 Å². The van der Waals surface area contributed by atoms with Crippen molar-refractivity contribution in [2.24, 2.45) is 5.84 Å². The van der Waals surface area contributed by atoms with Crippen LogP contribution in [0.4, 0.5) is 10.8 Å². The molecule has 4 N–H and O–H groups in total. The summed E-state index contributed by atoms with van der Waals surface area (Å²) in [5.74, 6) is 5.08. The lowest BCUT2D eigenvalue weighted by Crippen LogP contribution is -2.17. The number of nitrogen functional groups attached to an aromatic ring is 1. The molecule has 0 radical (unpaired) electrons. The standard InChI is InChI=1S/C13H11N5OS/c14-18-10-7-15-6-5-8(10)12(19)17-13-16-9-3-1-2-4-11(9)20-13/h1-7,18H,14H2,(H,16,17,19). The quantitative estimate of drug-likeness (QED) is 0.507.